The van der Waals surface area contributed by atoms with Crippen LogP contribution in [-0.4, -0.2) is 19.6 Å². The van der Waals surface area contributed by atoms with Crippen LogP contribution in [0.3, 0.4) is 0 Å². The van der Waals surface area contributed by atoms with E-state index in [4.69, 9.17) is 0 Å². The number of aromatic nitrogens is 4. The number of aromatic amines is 1. The van der Waals surface area contributed by atoms with Crippen molar-refractivity contribution in [2.24, 2.45) is 0 Å². The summed E-state index contributed by atoms with van der Waals surface area (Å²) >= 11 is 0. The first kappa shape index (κ1) is 9.59. The lowest BCUT2D eigenvalue weighted by atomic mass is 10.3. The van der Waals surface area contributed by atoms with Crippen molar-refractivity contribution < 1.29 is 0 Å². The van der Waals surface area contributed by atoms with Crippen LogP contribution < -0.4 is 11.0 Å². The van der Waals surface area contributed by atoms with Gasteiger partial charge in [-0.05, 0) is 12.1 Å². The SMILES string of the molecule is O=c1[nH]nc2ccnc(Nc3ccccc3)n12. The maximum Gasteiger partial charge on any atom is 0.350 e. The molecule has 6 nitrogen and oxygen atoms in total. The molecule has 2 aromatic heterocycles. The molecule has 17 heavy (non-hydrogen) atoms. The Balaban J connectivity index is 2.12. The number of para-hydroxylation sites is 1. The highest BCUT2D eigenvalue weighted by Gasteiger charge is 2.06. The number of hydrogen-bond acceptors (Lipinski definition) is 4. The van der Waals surface area contributed by atoms with Gasteiger partial charge in [0.05, 0.1) is 0 Å². The quantitative estimate of drug-likeness (QED) is 0.689. The van der Waals surface area contributed by atoms with Crippen molar-refractivity contribution in [3.8, 4) is 0 Å². The highest BCUT2D eigenvalue weighted by Crippen LogP contribution is 2.12. The van der Waals surface area contributed by atoms with E-state index in [0.29, 0.717) is 11.6 Å². The summed E-state index contributed by atoms with van der Waals surface area (Å²) < 4.78 is 1.38. The summed E-state index contributed by atoms with van der Waals surface area (Å²) in [5.41, 5.74) is 1.08. The first-order chi connectivity index (χ1) is 8.34. The van der Waals surface area contributed by atoms with Crippen LogP contribution in [0.5, 0.6) is 0 Å². The number of benzene rings is 1. The average molecular weight is 227 g/mol. The number of nitrogens with one attached hydrogen (secondary N) is 2. The van der Waals surface area contributed by atoms with Gasteiger partial charge in [0, 0.05) is 18.0 Å². The van der Waals surface area contributed by atoms with E-state index in [1.165, 1.54) is 4.40 Å². The molecule has 2 N–H and O–H groups in total. The van der Waals surface area contributed by atoms with Gasteiger partial charge in [-0.2, -0.15) is 5.10 Å². The Morgan fingerprint density at radius 2 is 2.00 bits per heavy atom. The van der Waals surface area contributed by atoms with Crippen molar-refractivity contribution in [3.63, 3.8) is 0 Å². The molecule has 0 amide bonds. The van der Waals surface area contributed by atoms with Crippen LogP contribution in [0.2, 0.25) is 0 Å². The minimum absolute atomic E-state index is 0.313. The van der Waals surface area contributed by atoms with Gasteiger partial charge >= 0.3 is 5.69 Å². The number of fused-ring (bicyclic) bond motifs is 1. The van der Waals surface area contributed by atoms with Gasteiger partial charge < -0.3 is 5.32 Å². The Hall–Kier alpha value is -2.63. The zero-order valence-corrected chi connectivity index (χ0v) is 8.79. The molecule has 0 bridgehead atoms. The molecular weight excluding hydrogens is 218 g/mol. The van der Waals surface area contributed by atoms with Gasteiger partial charge in [0.25, 0.3) is 0 Å². The lowest BCUT2D eigenvalue weighted by molar-refractivity contribution is 1.00. The monoisotopic (exact) mass is 227 g/mol. The largest absolute Gasteiger partial charge is 0.350 e. The molecule has 0 atom stereocenters. The van der Waals surface area contributed by atoms with Crippen molar-refractivity contribution in [1.82, 2.24) is 19.6 Å². The Kier molecular flexibility index (Phi) is 2.11. The van der Waals surface area contributed by atoms with E-state index in [1.54, 1.807) is 12.3 Å². The average Bonchev–Trinajstić information content (AvgIpc) is 2.74. The van der Waals surface area contributed by atoms with Crippen molar-refractivity contribution in [3.05, 3.63) is 53.1 Å². The van der Waals surface area contributed by atoms with Gasteiger partial charge in [0.15, 0.2) is 5.65 Å². The summed E-state index contributed by atoms with van der Waals surface area (Å²) in [4.78, 5) is 15.7. The predicted molar refractivity (Wildman–Crippen MR) is 63.3 cm³/mol. The molecular formula is C11H9N5O. The fraction of sp³-hybridized carbons (Fsp3) is 0. The number of nitrogens with zero attached hydrogens (tertiary/aromatic N) is 3. The smallest absolute Gasteiger partial charge is 0.325 e. The van der Waals surface area contributed by atoms with Crippen LogP contribution in [-0.2, 0) is 0 Å². The maximum absolute atomic E-state index is 11.6. The van der Waals surface area contributed by atoms with Crippen molar-refractivity contribution in [1.29, 1.82) is 0 Å². The summed E-state index contributed by atoms with van der Waals surface area (Å²) in [7, 11) is 0. The van der Waals surface area contributed by atoms with E-state index < -0.39 is 0 Å². The summed E-state index contributed by atoms with van der Waals surface area (Å²) in [6, 6.07) is 11.2. The maximum atomic E-state index is 11.6. The van der Waals surface area contributed by atoms with Crippen LogP contribution in [0.15, 0.2) is 47.4 Å². The molecule has 2 heterocycles. The molecule has 3 aromatic rings. The second kappa shape index (κ2) is 3.75. The number of rotatable bonds is 2. The molecule has 0 spiro atoms. The van der Waals surface area contributed by atoms with E-state index in [2.05, 4.69) is 20.5 Å². The Morgan fingerprint density at radius 1 is 1.18 bits per heavy atom. The molecule has 84 valence electrons. The highest BCUT2D eigenvalue weighted by molar-refractivity contribution is 5.55. The fourth-order valence-corrected chi connectivity index (χ4v) is 1.60. The molecule has 0 aliphatic carbocycles. The summed E-state index contributed by atoms with van der Waals surface area (Å²) in [6.45, 7) is 0. The number of H-pyrrole nitrogens is 1. The number of hydrogen-bond donors (Lipinski definition) is 2. The van der Waals surface area contributed by atoms with E-state index in [0.717, 1.165) is 5.69 Å². The van der Waals surface area contributed by atoms with Gasteiger partial charge in [-0.1, -0.05) is 18.2 Å². The van der Waals surface area contributed by atoms with Crippen molar-refractivity contribution >= 4 is 17.3 Å². The van der Waals surface area contributed by atoms with Crippen LogP contribution in [0.4, 0.5) is 11.6 Å². The third kappa shape index (κ3) is 1.65. The molecule has 0 unspecified atom stereocenters. The van der Waals surface area contributed by atoms with Crippen LogP contribution in [0.25, 0.3) is 5.65 Å². The predicted octanol–water partition coefficient (Wildman–Crippen LogP) is 1.16. The first-order valence-corrected chi connectivity index (χ1v) is 5.09. The molecule has 0 saturated carbocycles. The first-order valence-electron chi connectivity index (χ1n) is 5.09. The van der Waals surface area contributed by atoms with Crippen molar-refractivity contribution in [2.45, 2.75) is 0 Å². The third-order valence-electron chi connectivity index (χ3n) is 2.36. The van der Waals surface area contributed by atoms with E-state index in [-0.39, 0.29) is 5.69 Å². The molecule has 1 aromatic carbocycles. The topological polar surface area (TPSA) is 75.1 Å². The zero-order valence-electron chi connectivity index (χ0n) is 8.79. The summed E-state index contributed by atoms with van der Waals surface area (Å²) in [6.07, 6.45) is 1.60. The molecule has 0 saturated heterocycles. The standard InChI is InChI=1S/C11H9N5O/c17-11-15-14-9-6-7-12-10(16(9)11)13-8-4-2-1-3-5-8/h1-7H,(H,12,13)(H,15,17). The number of anilines is 2. The Bertz CT molecular complexity index is 700. The zero-order chi connectivity index (χ0) is 11.7. The molecule has 0 fully saturated rings. The molecule has 0 radical (unpaired) electrons. The normalized spacial score (nSPS) is 10.6. The Morgan fingerprint density at radius 3 is 2.82 bits per heavy atom. The molecule has 6 heteroatoms. The highest BCUT2D eigenvalue weighted by atomic mass is 16.1. The Labute approximate surface area is 95.9 Å². The molecule has 3 rings (SSSR count). The lowest BCUT2D eigenvalue weighted by Crippen LogP contribution is -2.13. The van der Waals surface area contributed by atoms with Gasteiger partial charge in [0.2, 0.25) is 5.95 Å². The van der Waals surface area contributed by atoms with Gasteiger partial charge in [-0.15, -0.1) is 0 Å². The second-order valence-electron chi connectivity index (χ2n) is 3.48. The second-order valence-corrected chi connectivity index (χ2v) is 3.48. The van der Waals surface area contributed by atoms with E-state index in [9.17, 15) is 4.79 Å². The summed E-state index contributed by atoms with van der Waals surface area (Å²) in [5, 5.41) is 9.31. The molecule has 0 aliphatic rings. The lowest BCUT2D eigenvalue weighted by Gasteiger charge is -2.05. The molecule has 0 aliphatic heterocycles. The summed E-state index contributed by atoms with van der Waals surface area (Å²) in [5.74, 6) is 0.437. The van der Waals surface area contributed by atoms with Gasteiger partial charge in [0.1, 0.15) is 0 Å². The van der Waals surface area contributed by atoms with E-state index in [1.807, 2.05) is 30.3 Å². The van der Waals surface area contributed by atoms with Crippen molar-refractivity contribution in [2.75, 3.05) is 5.32 Å². The van der Waals surface area contributed by atoms with Gasteiger partial charge in [-0.3, -0.25) is 0 Å². The third-order valence-corrected chi connectivity index (χ3v) is 2.36. The fourth-order valence-electron chi connectivity index (χ4n) is 1.60. The van der Waals surface area contributed by atoms with Crippen LogP contribution in [0, 0.1) is 0 Å². The van der Waals surface area contributed by atoms with Crippen LogP contribution >= 0.6 is 0 Å². The minimum Gasteiger partial charge on any atom is -0.325 e. The van der Waals surface area contributed by atoms with E-state index >= 15 is 0 Å². The van der Waals surface area contributed by atoms with Gasteiger partial charge in [-0.25, -0.2) is 19.3 Å². The van der Waals surface area contributed by atoms with Crippen LogP contribution in [0.1, 0.15) is 0 Å². The minimum atomic E-state index is -0.313.